The Hall–Kier alpha value is -3.98. The van der Waals surface area contributed by atoms with Crippen LogP contribution in [0.15, 0.2) is 84.9 Å². The molecule has 0 heterocycles. The lowest BCUT2D eigenvalue weighted by atomic mass is 10.0. The summed E-state index contributed by atoms with van der Waals surface area (Å²) in [6.45, 7) is 6.53. The summed E-state index contributed by atoms with van der Waals surface area (Å²) < 4.78 is 26.8. The molecule has 1 atom stereocenters. The zero-order valence-electron chi connectivity index (χ0n) is 23.6. The molecule has 0 radical (unpaired) electrons. The molecule has 0 aromatic heterocycles. The van der Waals surface area contributed by atoms with Gasteiger partial charge in [0.2, 0.25) is 21.8 Å². The molecule has 3 aromatic carbocycles. The molecule has 0 aliphatic carbocycles. The normalized spacial score (nSPS) is 12.3. The Morgan fingerprint density at radius 2 is 1.43 bits per heavy atom. The maximum Gasteiger partial charge on any atom is 0.244 e. The highest BCUT2D eigenvalue weighted by atomic mass is 32.2. The fraction of sp³-hybridized carbons (Fsp3) is 0.323. The maximum atomic E-state index is 14.1. The molecule has 0 spiro atoms. The van der Waals surface area contributed by atoms with Gasteiger partial charge < -0.3 is 10.2 Å². The van der Waals surface area contributed by atoms with E-state index in [2.05, 4.69) is 5.32 Å². The molecule has 1 N–H and O–H groups in total. The second-order valence-corrected chi connectivity index (χ2v) is 12.7. The minimum Gasteiger partial charge on any atom is -0.350 e. The van der Waals surface area contributed by atoms with Crippen LogP contribution in [0.2, 0.25) is 0 Å². The fourth-order valence-corrected chi connectivity index (χ4v) is 5.12. The second-order valence-electron chi connectivity index (χ2n) is 10.8. The number of nitrogens with one attached hydrogen (secondary N) is 1. The van der Waals surface area contributed by atoms with Gasteiger partial charge in [-0.25, -0.2) is 8.42 Å². The van der Waals surface area contributed by atoms with Crippen LogP contribution in [0.1, 0.15) is 49.2 Å². The molecule has 9 heteroatoms. The third-order valence-corrected chi connectivity index (χ3v) is 7.33. The van der Waals surface area contributed by atoms with Gasteiger partial charge in [-0.1, -0.05) is 72.8 Å². The van der Waals surface area contributed by atoms with Gasteiger partial charge in [-0.15, -0.1) is 0 Å². The topological polar surface area (TPSA) is 104 Å². The summed E-state index contributed by atoms with van der Waals surface area (Å²) in [5.74, 6) is -1.12. The number of sulfonamides is 1. The molecule has 3 aromatic rings. The number of anilines is 1. The molecule has 8 nitrogen and oxygen atoms in total. The first-order chi connectivity index (χ1) is 18.7. The van der Waals surface area contributed by atoms with Crippen LogP contribution in [0.5, 0.6) is 0 Å². The highest BCUT2D eigenvalue weighted by Crippen LogP contribution is 2.22. The monoisotopic (exact) mass is 563 g/mol. The summed E-state index contributed by atoms with van der Waals surface area (Å²) in [4.78, 5) is 41.2. The Morgan fingerprint density at radius 3 is 1.95 bits per heavy atom. The summed E-state index contributed by atoms with van der Waals surface area (Å²) in [6.07, 6.45) is 1.25. The van der Waals surface area contributed by atoms with Gasteiger partial charge in [0, 0.05) is 24.1 Å². The first-order valence-corrected chi connectivity index (χ1v) is 14.9. The number of amides is 2. The first kappa shape index (κ1) is 30.6. The van der Waals surface area contributed by atoms with Gasteiger partial charge in [-0.2, -0.15) is 0 Å². The minimum absolute atomic E-state index is 0.0970. The van der Waals surface area contributed by atoms with E-state index in [1.54, 1.807) is 12.1 Å². The van der Waals surface area contributed by atoms with Crippen molar-refractivity contribution in [3.8, 4) is 0 Å². The quantitative estimate of drug-likeness (QED) is 0.352. The molecule has 0 aliphatic rings. The van der Waals surface area contributed by atoms with Crippen molar-refractivity contribution in [1.29, 1.82) is 0 Å². The maximum absolute atomic E-state index is 14.1. The number of hydrogen-bond acceptors (Lipinski definition) is 5. The van der Waals surface area contributed by atoms with Crippen molar-refractivity contribution < 1.29 is 22.8 Å². The van der Waals surface area contributed by atoms with Crippen LogP contribution in [0, 0.1) is 0 Å². The van der Waals surface area contributed by atoms with Gasteiger partial charge in [0.1, 0.15) is 12.6 Å². The van der Waals surface area contributed by atoms with Crippen LogP contribution < -0.4 is 9.62 Å². The zero-order valence-corrected chi connectivity index (χ0v) is 24.4. The average Bonchev–Trinajstić information content (AvgIpc) is 2.88. The first-order valence-electron chi connectivity index (χ1n) is 13.0. The molecule has 0 fully saturated rings. The number of carbonyl (C=O) groups is 3. The summed E-state index contributed by atoms with van der Waals surface area (Å²) in [6, 6.07) is 23.9. The molecule has 212 valence electrons. The van der Waals surface area contributed by atoms with E-state index in [0.717, 1.165) is 21.7 Å². The number of rotatable bonds is 11. The van der Waals surface area contributed by atoms with E-state index in [1.165, 1.54) is 24.0 Å². The van der Waals surface area contributed by atoms with Crippen LogP contribution in [-0.2, 0) is 32.6 Å². The predicted octanol–water partition coefficient (Wildman–Crippen LogP) is 4.21. The highest BCUT2D eigenvalue weighted by molar-refractivity contribution is 7.92. The summed E-state index contributed by atoms with van der Waals surface area (Å²) in [5, 5.41) is 2.99. The van der Waals surface area contributed by atoms with E-state index in [-0.39, 0.29) is 30.3 Å². The van der Waals surface area contributed by atoms with E-state index in [0.29, 0.717) is 5.56 Å². The van der Waals surface area contributed by atoms with Crippen molar-refractivity contribution in [2.24, 2.45) is 0 Å². The molecule has 0 unspecified atom stereocenters. The zero-order chi connectivity index (χ0) is 29.5. The number of hydrogen-bond donors (Lipinski definition) is 1. The van der Waals surface area contributed by atoms with Crippen molar-refractivity contribution in [3.63, 3.8) is 0 Å². The Morgan fingerprint density at radius 1 is 0.850 bits per heavy atom. The van der Waals surface area contributed by atoms with Gasteiger partial charge in [-0.05, 0) is 51.0 Å². The molecule has 40 heavy (non-hydrogen) atoms. The Bertz CT molecular complexity index is 1430. The molecular formula is C31H37N3O5S. The second kappa shape index (κ2) is 12.9. The minimum atomic E-state index is -3.92. The number of nitrogens with zero attached hydrogens (tertiary/aromatic N) is 2. The molecule has 0 saturated heterocycles. The van der Waals surface area contributed by atoms with Gasteiger partial charge in [0.25, 0.3) is 0 Å². The SMILES string of the molecule is CC(=O)c1cccc(N(CC(=O)N(Cc2ccccc2)[C@@H](Cc2ccccc2)C(=O)NC(C)(C)C)S(C)(=O)=O)c1. The van der Waals surface area contributed by atoms with E-state index in [9.17, 15) is 22.8 Å². The van der Waals surface area contributed by atoms with Gasteiger partial charge in [0.05, 0.1) is 11.9 Å². The Kier molecular flexibility index (Phi) is 9.87. The van der Waals surface area contributed by atoms with Crippen molar-refractivity contribution in [3.05, 3.63) is 102 Å². The molecule has 3 rings (SSSR count). The molecule has 0 aliphatic heterocycles. The van der Waals surface area contributed by atoms with Crippen LogP contribution in [0.4, 0.5) is 5.69 Å². The third kappa shape index (κ3) is 8.77. The van der Waals surface area contributed by atoms with E-state index in [4.69, 9.17) is 0 Å². The number of ketones is 1. The molecule has 0 saturated carbocycles. The van der Waals surface area contributed by atoms with Gasteiger partial charge in [-0.3, -0.25) is 18.7 Å². The molecule has 0 bridgehead atoms. The Balaban J connectivity index is 2.07. The van der Waals surface area contributed by atoms with Crippen molar-refractivity contribution in [2.45, 2.75) is 52.2 Å². The van der Waals surface area contributed by atoms with Gasteiger partial charge >= 0.3 is 0 Å². The number of carbonyl (C=O) groups excluding carboxylic acids is 3. The average molecular weight is 564 g/mol. The lowest BCUT2D eigenvalue weighted by Crippen LogP contribution is -2.56. The van der Waals surface area contributed by atoms with Crippen LogP contribution >= 0.6 is 0 Å². The number of benzene rings is 3. The lowest BCUT2D eigenvalue weighted by Gasteiger charge is -2.35. The largest absolute Gasteiger partial charge is 0.350 e. The summed E-state index contributed by atoms with van der Waals surface area (Å²) in [5.41, 5.74) is 1.62. The standard InChI is InChI=1S/C31H37N3O5S/c1-23(35)26-17-12-18-27(20-26)34(40(5,38)39)22-29(36)33(21-25-15-10-7-11-16-25)28(30(37)32-31(2,3)4)19-24-13-8-6-9-14-24/h6-18,20,28H,19,21-22H2,1-5H3,(H,32,37)/t28-/m0/s1. The predicted molar refractivity (Wildman–Crippen MR) is 157 cm³/mol. The third-order valence-electron chi connectivity index (χ3n) is 6.18. The smallest absolute Gasteiger partial charge is 0.244 e. The summed E-state index contributed by atoms with van der Waals surface area (Å²) in [7, 11) is -3.92. The highest BCUT2D eigenvalue weighted by Gasteiger charge is 2.34. The van der Waals surface area contributed by atoms with E-state index >= 15 is 0 Å². The van der Waals surface area contributed by atoms with Gasteiger partial charge in [0.15, 0.2) is 5.78 Å². The van der Waals surface area contributed by atoms with Crippen molar-refractivity contribution in [2.75, 3.05) is 17.1 Å². The van der Waals surface area contributed by atoms with Crippen molar-refractivity contribution in [1.82, 2.24) is 10.2 Å². The van der Waals surface area contributed by atoms with E-state index < -0.39 is 34.1 Å². The Labute approximate surface area is 237 Å². The van der Waals surface area contributed by atoms with Crippen molar-refractivity contribution >= 4 is 33.3 Å². The van der Waals surface area contributed by atoms with Crippen LogP contribution in [0.25, 0.3) is 0 Å². The molecular weight excluding hydrogens is 526 g/mol. The van der Waals surface area contributed by atoms with Crippen LogP contribution in [-0.4, -0.2) is 55.3 Å². The summed E-state index contributed by atoms with van der Waals surface area (Å²) >= 11 is 0. The number of Topliss-reactive ketones (excluding diaryl/α,β-unsaturated/α-hetero) is 1. The molecule has 2 amide bonds. The fourth-order valence-electron chi connectivity index (χ4n) is 4.28. The lowest BCUT2D eigenvalue weighted by molar-refractivity contribution is -0.140. The van der Waals surface area contributed by atoms with E-state index in [1.807, 2.05) is 81.4 Å². The van der Waals surface area contributed by atoms with Crippen LogP contribution in [0.3, 0.4) is 0 Å².